The normalized spacial score (nSPS) is 13.5. The highest BCUT2D eigenvalue weighted by molar-refractivity contribution is 7.91. The van der Waals surface area contributed by atoms with Gasteiger partial charge in [0.1, 0.15) is 16.2 Å². The van der Waals surface area contributed by atoms with Gasteiger partial charge >= 0.3 is 0 Å². The van der Waals surface area contributed by atoms with Crippen LogP contribution in [0.1, 0.15) is 31.4 Å². The van der Waals surface area contributed by atoms with Gasteiger partial charge in [-0.05, 0) is 19.9 Å². The summed E-state index contributed by atoms with van der Waals surface area (Å²) >= 11 is 0. The average Bonchev–Trinajstić information content (AvgIpc) is 2.36. The van der Waals surface area contributed by atoms with Gasteiger partial charge in [-0.1, -0.05) is 6.92 Å². The highest BCUT2D eigenvalue weighted by Crippen LogP contribution is 2.16. The number of hydrogen-bond acceptors (Lipinski definition) is 5. The molecule has 1 rings (SSSR count). The zero-order chi connectivity index (χ0) is 12.7. The Labute approximate surface area is 103 Å². The number of hydrogen-bond donors (Lipinski definition) is 1. The summed E-state index contributed by atoms with van der Waals surface area (Å²) in [6.45, 7) is 1.68. The molecule has 0 spiro atoms. The van der Waals surface area contributed by atoms with Crippen molar-refractivity contribution in [2.75, 3.05) is 18.6 Å². The van der Waals surface area contributed by atoms with E-state index < -0.39 is 9.84 Å². The van der Waals surface area contributed by atoms with Gasteiger partial charge in [-0.25, -0.2) is 18.4 Å². The van der Waals surface area contributed by atoms with Crippen molar-refractivity contribution in [2.45, 2.75) is 25.8 Å². The van der Waals surface area contributed by atoms with Gasteiger partial charge in [0, 0.05) is 29.8 Å². The molecule has 0 bridgehead atoms. The van der Waals surface area contributed by atoms with Crippen LogP contribution in [-0.4, -0.2) is 36.9 Å². The first kappa shape index (κ1) is 14.1. The molecule has 17 heavy (non-hydrogen) atoms. The van der Waals surface area contributed by atoms with Crippen LogP contribution in [0.25, 0.3) is 0 Å². The minimum absolute atomic E-state index is 0.114. The van der Waals surface area contributed by atoms with Gasteiger partial charge in [0.25, 0.3) is 0 Å². The maximum Gasteiger partial charge on any atom is 0.150 e. The first-order chi connectivity index (χ1) is 8.09. The third kappa shape index (κ3) is 4.79. The second kappa shape index (κ2) is 6.66. The molecular weight excluding hydrogens is 238 g/mol. The Kier molecular flexibility index (Phi) is 5.50. The van der Waals surface area contributed by atoms with Gasteiger partial charge in [0.2, 0.25) is 0 Å². The van der Waals surface area contributed by atoms with Crippen molar-refractivity contribution in [1.29, 1.82) is 0 Å². The average molecular weight is 257 g/mol. The molecule has 1 unspecified atom stereocenters. The van der Waals surface area contributed by atoms with Crippen molar-refractivity contribution in [3.63, 3.8) is 0 Å². The lowest BCUT2D eigenvalue weighted by atomic mass is 10.1. The van der Waals surface area contributed by atoms with Crippen molar-refractivity contribution in [3.05, 3.63) is 24.3 Å². The zero-order valence-electron chi connectivity index (χ0n) is 10.3. The zero-order valence-corrected chi connectivity index (χ0v) is 11.1. The van der Waals surface area contributed by atoms with Gasteiger partial charge in [-0.15, -0.1) is 0 Å². The summed E-state index contributed by atoms with van der Waals surface area (Å²) in [5.41, 5.74) is 0.990. The van der Waals surface area contributed by atoms with E-state index in [1.165, 1.54) is 6.33 Å². The summed E-state index contributed by atoms with van der Waals surface area (Å²) in [4.78, 5) is 7.91. The Hall–Kier alpha value is -1.01. The summed E-state index contributed by atoms with van der Waals surface area (Å²) in [7, 11) is -1.01. The summed E-state index contributed by atoms with van der Waals surface area (Å²) in [5, 5.41) is 3.15. The van der Waals surface area contributed by atoms with E-state index in [0.717, 1.165) is 12.0 Å². The van der Waals surface area contributed by atoms with Crippen molar-refractivity contribution in [2.24, 2.45) is 0 Å². The molecule has 1 aromatic rings. The van der Waals surface area contributed by atoms with Gasteiger partial charge in [0.05, 0.1) is 5.75 Å². The van der Waals surface area contributed by atoms with E-state index in [1.54, 1.807) is 19.3 Å². The van der Waals surface area contributed by atoms with E-state index in [2.05, 4.69) is 15.3 Å². The van der Waals surface area contributed by atoms with E-state index in [9.17, 15) is 8.42 Å². The molecule has 1 N–H and O–H groups in total. The number of sulfone groups is 1. The standard InChI is InChI=1S/C11H19N3O2S/c1-3-17(15,16)6-4-5-11(12-2)10-7-13-9-14-8-10/h7-9,11-12H,3-6H2,1-2H3. The molecule has 5 nitrogen and oxygen atoms in total. The molecule has 1 atom stereocenters. The van der Waals surface area contributed by atoms with Crippen molar-refractivity contribution in [1.82, 2.24) is 15.3 Å². The quantitative estimate of drug-likeness (QED) is 0.787. The van der Waals surface area contributed by atoms with Crippen LogP contribution in [0, 0.1) is 0 Å². The van der Waals surface area contributed by atoms with Crippen LogP contribution in [0.4, 0.5) is 0 Å². The predicted octanol–water partition coefficient (Wildman–Crippen LogP) is 0.952. The van der Waals surface area contributed by atoms with Gasteiger partial charge < -0.3 is 5.32 Å². The first-order valence-corrected chi connectivity index (χ1v) is 7.53. The van der Waals surface area contributed by atoms with E-state index in [1.807, 2.05) is 7.05 Å². The molecule has 0 aromatic carbocycles. The van der Waals surface area contributed by atoms with Crippen LogP contribution in [0.5, 0.6) is 0 Å². The Bertz CT molecular complexity index is 420. The largest absolute Gasteiger partial charge is 0.313 e. The Morgan fingerprint density at radius 1 is 1.35 bits per heavy atom. The minimum Gasteiger partial charge on any atom is -0.313 e. The molecular formula is C11H19N3O2S. The Morgan fingerprint density at radius 3 is 2.53 bits per heavy atom. The molecule has 0 saturated carbocycles. The molecule has 0 aliphatic rings. The fourth-order valence-electron chi connectivity index (χ4n) is 1.62. The highest BCUT2D eigenvalue weighted by atomic mass is 32.2. The molecule has 0 radical (unpaired) electrons. The number of rotatable bonds is 7. The smallest absolute Gasteiger partial charge is 0.150 e. The lowest BCUT2D eigenvalue weighted by Crippen LogP contribution is -2.18. The Balaban J connectivity index is 2.50. The number of nitrogens with zero attached hydrogens (tertiary/aromatic N) is 2. The third-order valence-corrected chi connectivity index (χ3v) is 4.51. The maximum atomic E-state index is 11.4. The van der Waals surface area contributed by atoms with Crippen LogP contribution in [0.3, 0.4) is 0 Å². The summed E-state index contributed by atoms with van der Waals surface area (Å²) in [6, 6.07) is 0.114. The second-order valence-electron chi connectivity index (χ2n) is 3.89. The van der Waals surface area contributed by atoms with Gasteiger partial charge in [-0.2, -0.15) is 0 Å². The molecule has 1 aromatic heterocycles. The van der Waals surface area contributed by atoms with E-state index >= 15 is 0 Å². The number of aromatic nitrogens is 2. The monoisotopic (exact) mass is 257 g/mol. The fourth-order valence-corrected chi connectivity index (χ4v) is 2.52. The van der Waals surface area contributed by atoms with Crippen molar-refractivity contribution >= 4 is 9.84 Å². The molecule has 0 amide bonds. The summed E-state index contributed by atoms with van der Waals surface area (Å²) < 4.78 is 22.7. The van der Waals surface area contributed by atoms with E-state index in [-0.39, 0.29) is 17.5 Å². The van der Waals surface area contributed by atoms with Crippen LogP contribution in [0.2, 0.25) is 0 Å². The second-order valence-corrected chi connectivity index (χ2v) is 6.36. The van der Waals surface area contributed by atoms with Crippen molar-refractivity contribution < 1.29 is 8.42 Å². The molecule has 0 aliphatic carbocycles. The first-order valence-electron chi connectivity index (χ1n) is 5.71. The van der Waals surface area contributed by atoms with Crippen LogP contribution in [0.15, 0.2) is 18.7 Å². The Morgan fingerprint density at radius 2 is 2.00 bits per heavy atom. The highest BCUT2D eigenvalue weighted by Gasteiger charge is 2.12. The lowest BCUT2D eigenvalue weighted by Gasteiger charge is -2.15. The molecule has 0 fully saturated rings. The molecule has 0 aliphatic heterocycles. The summed E-state index contributed by atoms with van der Waals surface area (Å²) in [6.07, 6.45) is 6.41. The molecule has 6 heteroatoms. The van der Waals surface area contributed by atoms with Crippen molar-refractivity contribution in [3.8, 4) is 0 Å². The van der Waals surface area contributed by atoms with Gasteiger partial charge in [0.15, 0.2) is 0 Å². The third-order valence-electron chi connectivity index (χ3n) is 2.72. The molecule has 0 saturated heterocycles. The van der Waals surface area contributed by atoms with E-state index in [0.29, 0.717) is 6.42 Å². The van der Waals surface area contributed by atoms with Gasteiger partial charge in [-0.3, -0.25) is 0 Å². The molecule has 1 heterocycles. The fraction of sp³-hybridized carbons (Fsp3) is 0.636. The van der Waals surface area contributed by atoms with Crippen LogP contribution < -0.4 is 5.32 Å². The lowest BCUT2D eigenvalue weighted by molar-refractivity contribution is 0.532. The number of nitrogens with one attached hydrogen (secondary N) is 1. The van der Waals surface area contributed by atoms with Crippen LogP contribution in [-0.2, 0) is 9.84 Å². The topological polar surface area (TPSA) is 72.0 Å². The SMILES string of the molecule is CCS(=O)(=O)CCCC(NC)c1cncnc1. The van der Waals surface area contributed by atoms with Crippen LogP contribution >= 0.6 is 0 Å². The predicted molar refractivity (Wildman–Crippen MR) is 67.4 cm³/mol. The molecule has 96 valence electrons. The summed E-state index contributed by atoms with van der Waals surface area (Å²) in [5.74, 6) is 0.459. The maximum absolute atomic E-state index is 11.4. The minimum atomic E-state index is -2.86. The van der Waals surface area contributed by atoms with E-state index in [4.69, 9.17) is 0 Å².